The van der Waals surface area contributed by atoms with Crippen LogP contribution in [0, 0.1) is 5.92 Å². The fraction of sp³-hybridized carbons (Fsp3) is 0.500. The molecular formula is C14H18BrNO5S. The first-order chi connectivity index (χ1) is 10.3. The number of carbonyl (C=O) groups is 1. The molecule has 0 aliphatic heterocycles. The number of aliphatic carboxylic acids is 1. The first-order valence-corrected chi connectivity index (χ1v) is 9.20. The minimum absolute atomic E-state index is 0.132. The van der Waals surface area contributed by atoms with Crippen LogP contribution in [0.2, 0.25) is 0 Å². The van der Waals surface area contributed by atoms with E-state index in [0.717, 1.165) is 0 Å². The molecule has 1 fully saturated rings. The molecule has 0 atom stereocenters. The van der Waals surface area contributed by atoms with Crippen LogP contribution in [0.4, 0.5) is 0 Å². The number of hydrogen-bond donors (Lipinski definition) is 2. The third kappa shape index (κ3) is 3.99. The Morgan fingerprint density at radius 1 is 1.32 bits per heavy atom. The molecular weight excluding hydrogens is 374 g/mol. The zero-order valence-electron chi connectivity index (χ0n) is 12.1. The highest BCUT2D eigenvalue weighted by molar-refractivity contribution is 9.10. The number of halogens is 1. The van der Waals surface area contributed by atoms with Crippen LogP contribution in [-0.2, 0) is 14.8 Å². The number of benzene rings is 1. The van der Waals surface area contributed by atoms with E-state index in [0.29, 0.717) is 35.9 Å². The molecule has 0 heterocycles. The molecule has 0 unspecified atom stereocenters. The third-order valence-electron chi connectivity index (χ3n) is 3.83. The van der Waals surface area contributed by atoms with Gasteiger partial charge in [0.25, 0.3) is 0 Å². The summed E-state index contributed by atoms with van der Waals surface area (Å²) in [5.41, 5.74) is 0. The number of sulfonamides is 1. The van der Waals surface area contributed by atoms with Gasteiger partial charge in [-0.1, -0.05) is 0 Å². The lowest BCUT2D eigenvalue weighted by Gasteiger charge is -2.26. The Kier molecular flexibility index (Phi) is 5.46. The molecule has 1 aromatic carbocycles. The predicted molar refractivity (Wildman–Crippen MR) is 84.4 cm³/mol. The molecule has 0 aromatic heterocycles. The van der Waals surface area contributed by atoms with Crippen molar-refractivity contribution in [3.8, 4) is 5.75 Å². The van der Waals surface area contributed by atoms with E-state index in [1.807, 2.05) is 0 Å². The third-order valence-corrected chi connectivity index (χ3v) is 6.00. The molecule has 1 saturated carbocycles. The summed E-state index contributed by atoms with van der Waals surface area (Å²) >= 11 is 3.28. The van der Waals surface area contributed by atoms with Gasteiger partial charge in [-0.15, -0.1) is 0 Å². The van der Waals surface area contributed by atoms with Gasteiger partial charge in [0, 0.05) is 12.1 Å². The summed E-state index contributed by atoms with van der Waals surface area (Å²) < 4.78 is 33.2. The van der Waals surface area contributed by atoms with Gasteiger partial charge >= 0.3 is 5.97 Å². The molecule has 1 aliphatic carbocycles. The number of carboxylic acid groups (broad SMARTS) is 1. The Bertz CT molecular complexity index is 653. The second kappa shape index (κ2) is 6.97. The molecule has 122 valence electrons. The average molecular weight is 392 g/mol. The number of carboxylic acids is 1. The second-order valence-corrected chi connectivity index (χ2v) is 7.87. The Morgan fingerprint density at radius 3 is 2.50 bits per heavy atom. The standard InChI is InChI=1S/C14H18BrNO5S/c1-21-13-8-11(6-7-12(13)15)22(19,20)16-10-4-2-9(3-5-10)14(17)18/h6-10,16H,2-5H2,1H3,(H,17,18). The van der Waals surface area contributed by atoms with Gasteiger partial charge in [-0.2, -0.15) is 0 Å². The lowest BCUT2D eigenvalue weighted by atomic mass is 9.87. The van der Waals surface area contributed by atoms with Crippen LogP contribution >= 0.6 is 15.9 Å². The van der Waals surface area contributed by atoms with Gasteiger partial charge in [-0.05, 0) is 53.7 Å². The lowest BCUT2D eigenvalue weighted by molar-refractivity contribution is -0.142. The van der Waals surface area contributed by atoms with E-state index in [1.54, 1.807) is 6.07 Å². The number of nitrogens with one attached hydrogen (secondary N) is 1. The largest absolute Gasteiger partial charge is 0.496 e. The monoisotopic (exact) mass is 391 g/mol. The van der Waals surface area contributed by atoms with Crippen molar-refractivity contribution >= 4 is 31.9 Å². The van der Waals surface area contributed by atoms with E-state index < -0.39 is 16.0 Å². The topological polar surface area (TPSA) is 92.7 Å². The molecule has 0 amide bonds. The summed E-state index contributed by atoms with van der Waals surface area (Å²) in [4.78, 5) is 11.0. The van der Waals surface area contributed by atoms with Crippen LogP contribution in [0.1, 0.15) is 25.7 Å². The summed E-state index contributed by atoms with van der Waals surface area (Å²) in [7, 11) is -2.18. The minimum atomic E-state index is -3.65. The highest BCUT2D eigenvalue weighted by Gasteiger charge is 2.29. The van der Waals surface area contributed by atoms with Gasteiger partial charge in [-0.25, -0.2) is 13.1 Å². The predicted octanol–water partition coefficient (Wildman–Crippen LogP) is 2.38. The van der Waals surface area contributed by atoms with Crippen molar-refractivity contribution in [3.63, 3.8) is 0 Å². The van der Waals surface area contributed by atoms with E-state index in [1.165, 1.54) is 19.2 Å². The second-order valence-electron chi connectivity index (χ2n) is 5.30. The molecule has 1 aromatic rings. The number of methoxy groups -OCH3 is 1. The molecule has 8 heteroatoms. The van der Waals surface area contributed by atoms with Gasteiger partial charge in [0.1, 0.15) is 5.75 Å². The number of ether oxygens (including phenoxy) is 1. The highest BCUT2D eigenvalue weighted by Crippen LogP contribution is 2.29. The Hall–Kier alpha value is -1.12. The van der Waals surface area contributed by atoms with Crippen molar-refractivity contribution in [1.82, 2.24) is 4.72 Å². The van der Waals surface area contributed by atoms with E-state index >= 15 is 0 Å². The molecule has 0 bridgehead atoms. The van der Waals surface area contributed by atoms with Crippen LogP contribution in [0.25, 0.3) is 0 Å². The van der Waals surface area contributed by atoms with Crippen LogP contribution in [0.5, 0.6) is 5.75 Å². The quantitative estimate of drug-likeness (QED) is 0.803. The zero-order valence-corrected chi connectivity index (χ0v) is 14.5. The zero-order chi connectivity index (χ0) is 16.3. The molecule has 1 aliphatic rings. The molecule has 2 rings (SSSR count). The van der Waals surface area contributed by atoms with Crippen LogP contribution in [0.3, 0.4) is 0 Å². The molecule has 0 radical (unpaired) electrons. The van der Waals surface area contributed by atoms with E-state index in [2.05, 4.69) is 20.7 Å². The van der Waals surface area contributed by atoms with Crippen molar-refractivity contribution < 1.29 is 23.1 Å². The van der Waals surface area contributed by atoms with E-state index in [-0.39, 0.29) is 16.9 Å². The van der Waals surface area contributed by atoms with E-state index in [4.69, 9.17) is 9.84 Å². The van der Waals surface area contributed by atoms with Crippen LogP contribution in [-0.4, -0.2) is 32.6 Å². The first kappa shape index (κ1) is 17.2. The van der Waals surface area contributed by atoms with Gasteiger partial charge in [-0.3, -0.25) is 4.79 Å². The molecule has 0 spiro atoms. The molecule has 6 nitrogen and oxygen atoms in total. The molecule has 2 N–H and O–H groups in total. The number of rotatable bonds is 5. The minimum Gasteiger partial charge on any atom is -0.496 e. The van der Waals surface area contributed by atoms with Crippen molar-refractivity contribution in [3.05, 3.63) is 22.7 Å². The summed E-state index contributed by atoms with van der Waals surface area (Å²) in [6.07, 6.45) is 2.05. The van der Waals surface area contributed by atoms with Gasteiger partial charge in [0.05, 0.1) is 22.4 Å². The molecule has 22 heavy (non-hydrogen) atoms. The highest BCUT2D eigenvalue weighted by atomic mass is 79.9. The van der Waals surface area contributed by atoms with Crippen molar-refractivity contribution in [2.75, 3.05) is 7.11 Å². The summed E-state index contributed by atoms with van der Waals surface area (Å²) in [5, 5.41) is 8.96. The maximum absolute atomic E-state index is 12.4. The average Bonchev–Trinajstić information content (AvgIpc) is 2.47. The Morgan fingerprint density at radius 2 is 1.95 bits per heavy atom. The van der Waals surface area contributed by atoms with Crippen molar-refractivity contribution in [2.24, 2.45) is 5.92 Å². The summed E-state index contributed by atoms with van der Waals surface area (Å²) in [6.45, 7) is 0. The van der Waals surface area contributed by atoms with Gasteiger partial charge < -0.3 is 9.84 Å². The normalized spacial score (nSPS) is 22.3. The first-order valence-electron chi connectivity index (χ1n) is 6.92. The Balaban J connectivity index is 2.07. The smallest absolute Gasteiger partial charge is 0.306 e. The van der Waals surface area contributed by atoms with Gasteiger partial charge in [0.2, 0.25) is 10.0 Å². The van der Waals surface area contributed by atoms with Crippen LogP contribution < -0.4 is 9.46 Å². The van der Waals surface area contributed by atoms with Crippen LogP contribution in [0.15, 0.2) is 27.6 Å². The lowest BCUT2D eigenvalue weighted by Crippen LogP contribution is -2.38. The maximum Gasteiger partial charge on any atom is 0.306 e. The SMILES string of the molecule is COc1cc(S(=O)(=O)NC2CCC(C(=O)O)CC2)ccc1Br. The van der Waals surface area contributed by atoms with Crippen molar-refractivity contribution in [2.45, 2.75) is 36.6 Å². The maximum atomic E-state index is 12.4. The fourth-order valence-electron chi connectivity index (χ4n) is 2.55. The van der Waals surface area contributed by atoms with E-state index in [9.17, 15) is 13.2 Å². The molecule has 0 saturated heterocycles. The Labute approximate surface area is 138 Å². The fourth-order valence-corrected chi connectivity index (χ4v) is 4.28. The summed E-state index contributed by atoms with van der Waals surface area (Å²) in [6, 6.07) is 4.34. The van der Waals surface area contributed by atoms with Gasteiger partial charge in [0.15, 0.2) is 0 Å². The summed E-state index contributed by atoms with van der Waals surface area (Å²) in [5.74, 6) is -0.732. The van der Waals surface area contributed by atoms with Crippen molar-refractivity contribution in [1.29, 1.82) is 0 Å². The number of hydrogen-bond acceptors (Lipinski definition) is 4.